The third-order valence-electron chi connectivity index (χ3n) is 2.84. The van der Waals surface area contributed by atoms with Gasteiger partial charge in [-0.1, -0.05) is 16.8 Å². The van der Waals surface area contributed by atoms with Crippen molar-refractivity contribution in [2.45, 2.75) is 19.8 Å². The normalized spacial score (nSPS) is 10.6. The molecule has 0 amide bonds. The summed E-state index contributed by atoms with van der Waals surface area (Å²) in [4.78, 5) is 10.5. The van der Waals surface area contributed by atoms with Gasteiger partial charge in [-0.15, -0.1) is 5.10 Å². The second-order valence-corrected chi connectivity index (χ2v) is 4.73. The van der Waals surface area contributed by atoms with Gasteiger partial charge in [0.15, 0.2) is 0 Å². The highest BCUT2D eigenvalue weighted by molar-refractivity contribution is 6.31. The Labute approximate surface area is 120 Å². The van der Waals surface area contributed by atoms with Gasteiger partial charge in [-0.05, 0) is 18.6 Å². The summed E-state index contributed by atoms with van der Waals surface area (Å²) in [6.07, 6.45) is 2.05. The van der Waals surface area contributed by atoms with Crippen LogP contribution in [0.3, 0.4) is 0 Å². The zero-order chi connectivity index (χ0) is 14.7. The fourth-order valence-electron chi connectivity index (χ4n) is 1.76. The molecule has 1 aromatic heterocycles. The lowest BCUT2D eigenvalue weighted by atomic mass is 10.2. The molecule has 2 rings (SSSR count). The number of nitrogens with zero attached hydrogens (tertiary/aromatic N) is 3. The van der Waals surface area contributed by atoms with Gasteiger partial charge in [0.25, 0.3) is 0 Å². The number of methoxy groups -OCH3 is 1. The molecule has 0 aliphatic rings. The third-order valence-corrected chi connectivity index (χ3v) is 3.25. The molecule has 0 spiro atoms. The van der Waals surface area contributed by atoms with E-state index in [0.717, 1.165) is 5.56 Å². The number of aromatic nitrogens is 3. The Morgan fingerprint density at radius 3 is 2.90 bits per heavy atom. The molecule has 2 aromatic rings. The van der Waals surface area contributed by atoms with E-state index in [1.54, 1.807) is 24.1 Å². The molecule has 1 N–H and O–H groups in total. The summed E-state index contributed by atoms with van der Waals surface area (Å²) < 4.78 is 6.83. The largest absolute Gasteiger partial charge is 0.494 e. The summed E-state index contributed by atoms with van der Waals surface area (Å²) in [7, 11) is 1.55. The van der Waals surface area contributed by atoms with Gasteiger partial charge >= 0.3 is 5.97 Å². The number of hydrogen-bond acceptors (Lipinski definition) is 4. The Morgan fingerprint density at radius 1 is 1.50 bits per heavy atom. The summed E-state index contributed by atoms with van der Waals surface area (Å²) >= 11 is 6.05. The molecule has 20 heavy (non-hydrogen) atoms. The minimum atomic E-state index is -0.862. The zero-order valence-electron chi connectivity index (χ0n) is 11.1. The molecule has 0 aliphatic carbocycles. The minimum absolute atomic E-state index is 0.0233. The lowest BCUT2D eigenvalue weighted by Crippen LogP contribution is -2.00. The second-order valence-electron chi connectivity index (χ2n) is 4.32. The average molecular weight is 296 g/mol. The number of hydrogen-bond donors (Lipinski definition) is 1. The van der Waals surface area contributed by atoms with E-state index in [1.165, 1.54) is 0 Å². The van der Waals surface area contributed by atoms with E-state index in [1.807, 2.05) is 13.0 Å². The van der Waals surface area contributed by atoms with Gasteiger partial charge in [0, 0.05) is 17.5 Å². The summed E-state index contributed by atoms with van der Waals surface area (Å²) in [6, 6.07) is 3.56. The van der Waals surface area contributed by atoms with Gasteiger partial charge in [0.1, 0.15) is 11.4 Å². The number of aryl methyl sites for hydroxylation is 2. The molecule has 0 aliphatic heterocycles. The number of carboxylic acid groups (broad SMARTS) is 1. The lowest BCUT2D eigenvalue weighted by molar-refractivity contribution is -0.136. The highest BCUT2D eigenvalue weighted by Crippen LogP contribution is 2.29. The number of halogens is 1. The Morgan fingerprint density at radius 2 is 2.25 bits per heavy atom. The van der Waals surface area contributed by atoms with E-state index in [0.29, 0.717) is 28.6 Å². The van der Waals surface area contributed by atoms with Crippen LogP contribution in [-0.4, -0.2) is 33.2 Å². The highest BCUT2D eigenvalue weighted by atomic mass is 35.5. The van der Waals surface area contributed by atoms with Crippen LogP contribution in [0, 0.1) is 6.92 Å². The Kier molecular flexibility index (Phi) is 4.24. The highest BCUT2D eigenvalue weighted by Gasteiger charge is 2.11. The quantitative estimate of drug-likeness (QED) is 0.915. The first kappa shape index (κ1) is 14.3. The smallest absolute Gasteiger partial charge is 0.303 e. The van der Waals surface area contributed by atoms with Gasteiger partial charge in [-0.25, -0.2) is 4.68 Å². The van der Waals surface area contributed by atoms with Gasteiger partial charge in [-0.2, -0.15) is 0 Å². The van der Waals surface area contributed by atoms with Crippen LogP contribution in [0.4, 0.5) is 0 Å². The first-order chi connectivity index (χ1) is 9.51. The lowest BCUT2D eigenvalue weighted by Gasteiger charge is -2.10. The topological polar surface area (TPSA) is 77.2 Å². The van der Waals surface area contributed by atoms with Crippen molar-refractivity contribution < 1.29 is 14.6 Å². The molecule has 7 heteroatoms. The van der Waals surface area contributed by atoms with Crippen LogP contribution in [0.5, 0.6) is 5.75 Å². The fourth-order valence-corrected chi connectivity index (χ4v) is 1.91. The number of carbonyl (C=O) groups is 1. The maximum Gasteiger partial charge on any atom is 0.303 e. The Balaban J connectivity index is 2.32. The van der Waals surface area contributed by atoms with Crippen molar-refractivity contribution in [3.63, 3.8) is 0 Å². The van der Waals surface area contributed by atoms with Crippen molar-refractivity contribution in [3.05, 3.63) is 34.6 Å². The second kappa shape index (κ2) is 5.92. The SMILES string of the molecule is COc1cc(Cl)c(C)cc1-n1cc(CCC(=O)O)nn1. The van der Waals surface area contributed by atoms with Crippen molar-refractivity contribution in [2.75, 3.05) is 7.11 Å². The predicted molar refractivity (Wildman–Crippen MR) is 73.6 cm³/mol. The summed E-state index contributed by atoms with van der Waals surface area (Å²) in [6.45, 7) is 1.88. The van der Waals surface area contributed by atoms with Crippen molar-refractivity contribution in [2.24, 2.45) is 0 Å². The summed E-state index contributed by atoms with van der Waals surface area (Å²) in [5.41, 5.74) is 2.22. The summed E-state index contributed by atoms with van der Waals surface area (Å²) in [5.74, 6) is -0.283. The molecular formula is C13H14ClN3O3. The van der Waals surface area contributed by atoms with E-state index in [-0.39, 0.29) is 6.42 Å². The van der Waals surface area contributed by atoms with Crippen molar-refractivity contribution in [3.8, 4) is 11.4 Å². The molecule has 0 saturated carbocycles. The number of aliphatic carboxylic acids is 1. The maximum absolute atomic E-state index is 10.5. The van der Waals surface area contributed by atoms with Crippen LogP contribution < -0.4 is 4.74 Å². The first-order valence-electron chi connectivity index (χ1n) is 5.98. The number of benzene rings is 1. The molecule has 0 fully saturated rings. The Bertz CT molecular complexity index is 640. The molecule has 0 unspecified atom stereocenters. The molecule has 1 heterocycles. The monoisotopic (exact) mass is 295 g/mol. The van der Waals surface area contributed by atoms with Crippen LogP contribution in [-0.2, 0) is 11.2 Å². The van der Waals surface area contributed by atoms with E-state index >= 15 is 0 Å². The number of ether oxygens (including phenoxy) is 1. The van der Waals surface area contributed by atoms with Crippen LogP contribution >= 0.6 is 11.6 Å². The molecule has 0 atom stereocenters. The minimum Gasteiger partial charge on any atom is -0.494 e. The first-order valence-corrected chi connectivity index (χ1v) is 6.36. The predicted octanol–water partition coefficient (Wildman–Crippen LogP) is 2.25. The summed E-state index contributed by atoms with van der Waals surface area (Å²) in [5, 5.41) is 17.2. The third kappa shape index (κ3) is 3.08. The van der Waals surface area contributed by atoms with Crippen molar-refractivity contribution >= 4 is 17.6 Å². The van der Waals surface area contributed by atoms with Crippen molar-refractivity contribution in [1.82, 2.24) is 15.0 Å². The van der Waals surface area contributed by atoms with E-state index in [4.69, 9.17) is 21.4 Å². The number of rotatable bonds is 5. The standard InChI is InChI=1S/C13H14ClN3O3/c1-8-5-11(12(20-2)6-10(8)14)17-7-9(15-16-17)3-4-13(18)19/h5-7H,3-4H2,1-2H3,(H,18,19). The van der Waals surface area contributed by atoms with E-state index in [9.17, 15) is 4.79 Å². The molecule has 1 aromatic carbocycles. The molecule has 0 saturated heterocycles. The molecule has 0 bridgehead atoms. The maximum atomic E-state index is 10.5. The van der Waals surface area contributed by atoms with E-state index < -0.39 is 5.97 Å². The van der Waals surface area contributed by atoms with Crippen LogP contribution in [0.15, 0.2) is 18.3 Å². The molecule has 106 valence electrons. The number of carboxylic acids is 1. The average Bonchev–Trinajstić information content (AvgIpc) is 2.87. The van der Waals surface area contributed by atoms with Crippen LogP contribution in [0.1, 0.15) is 17.7 Å². The zero-order valence-corrected chi connectivity index (χ0v) is 11.9. The van der Waals surface area contributed by atoms with Gasteiger partial charge in [-0.3, -0.25) is 4.79 Å². The van der Waals surface area contributed by atoms with Gasteiger partial charge in [0.05, 0.1) is 25.4 Å². The van der Waals surface area contributed by atoms with Crippen molar-refractivity contribution in [1.29, 1.82) is 0 Å². The Hall–Kier alpha value is -2.08. The fraction of sp³-hybridized carbons (Fsp3) is 0.308. The molecule has 0 radical (unpaired) electrons. The molecular weight excluding hydrogens is 282 g/mol. The van der Waals surface area contributed by atoms with Crippen LogP contribution in [0.2, 0.25) is 5.02 Å². The van der Waals surface area contributed by atoms with Crippen LogP contribution in [0.25, 0.3) is 5.69 Å². The van der Waals surface area contributed by atoms with Gasteiger partial charge < -0.3 is 9.84 Å². The van der Waals surface area contributed by atoms with E-state index in [2.05, 4.69) is 10.3 Å². The molecule has 6 nitrogen and oxygen atoms in total. The van der Waals surface area contributed by atoms with Gasteiger partial charge in [0.2, 0.25) is 0 Å².